The van der Waals surface area contributed by atoms with E-state index in [9.17, 15) is 0 Å². The lowest BCUT2D eigenvalue weighted by Gasteiger charge is -2.16. The fraction of sp³-hybridized carbons (Fsp3) is 0.278. The number of hydrogen-bond acceptors (Lipinski definition) is 3. The Morgan fingerprint density at radius 1 is 1.19 bits per heavy atom. The number of aromatic nitrogens is 1. The molecule has 1 unspecified atom stereocenters. The standard InChI is InChI=1S/C18H20N2O/c1-12-10-16(13(2)21-12)18(19-3)11-14-8-9-20-17-7-5-4-6-15(14)17/h4-10,18-19H,11H2,1-3H3. The van der Waals surface area contributed by atoms with E-state index in [0.717, 1.165) is 23.5 Å². The molecule has 0 aliphatic heterocycles. The van der Waals surface area contributed by atoms with Gasteiger partial charge < -0.3 is 9.73 Å². The molecule has 0 bridgehead atoms. The van der Waals surface area contributed by atoms with Crippen LogP contribution in [0.3, 0.4) is 0 Å². The molecule has 2 aromatic heterocycles. The maximum atomic E-state index is 5.67. The molecular formula is C18H20N2O. The van der Waals surface area contributed by atoms with E-state index in [1.54, 1.807) is 0 Å². The number of fused-ring (bicyclic) bond motifs is 1. The quantitative estimate of drug-likeness (QED) is 0.786. The topological polar surface area (TPSA) is 38.1 Å². The number of pyridine rings is 1. The van der Waals surface area contributed by atoms with Crippen LogP contribution in [-0.2, 0) is 6.42 Å². The molecule has 0 aliphatic carbocycles. The van der Waals surface area contributed by atoms with Gasteiger partial charge in [-0.25, -0.2) is 0 Å². The van der Waals surface area contributed by atoms with Crippen LogP contribution in [0.25, 0.3) is 10.9 Å². The molecule has 108 valence electrons. The van der Waals surface area contributed by atoms with Crippen LogP contribution < -0.4 is 5.32 Å². The molecule has 0 saturated heterocycles. The minimum Gasteiger partial charge on any atom is -0.466 e. The smallest absolute Gasteiger partial charge is 0.105 e. The number of likely N-dealkylation sites (N-methyl/N-ethyl adjacent to an activating group) is 1. The summed E-state index contributed by atoms with van der Waals surface area (Å²) in [6.07, 6.45) is 2.80. The van der Waals surface area contributed by atoms with Gasteiger partial charge in [0.1, 0.15) is 11.5 Å². The molecule has 1 aromatic carbocycles. The van der Waals surface area contributed by atoms with Gasteiger partial charge in [0.25, 0.3) is 0 Å². The number of nitrogens with zero attached hydrogens (tertiary/aromatic N) is 1. The molecule has 3 heteroatoms. The van der Waals surface area contributed by atoms with Crippen LogP contribution in [0.5, 0.6) is 0 Å². The van der Waals surface area contributed by atoms with Crippen molar-refractivity contribution in [2.75, 3.05) is 7.05 Å². The summed E-state index contributed by atoms with van der Waals surface area (Å²) in [5, 5.41) is 4.63. The molecule has 2 heterocycles. The molecule has 1 atom stereocenters. The Balaban J connectivity index is 1.98. The second-order valence-corrected chi connectivity index (χ2v) is 5.40. The highest BCUT2D eigenvalue weighted by molar-refractivity contribution is 5.81. The monoisotopic (exact) mass is 280 g/mol. The summed E-state index contributed by atoms with van der Waals surface area (Å²) in [5.41, 5.74) is 3.58. The second kappa shape index (κ2) is 5.70. The van der Waals surface area contributed by atoms with E-state index in [4.69, 9.17) is 4.42 Å². The van der Waals surface area contributed by atoms with Gasteiger partial charge in [-0.15, -0.1) is 0 Å². The van der Waals surface area contributed by atoms with E-state index >= 15 is 0 Å². The van der Waals surface area contributed by atoms with Crippen molar-refractivity contribution in [3.63, 3.8) is 0 Å². The Hall–Kier alpha value is -2.13. The summed E-state index contributed by atoms with van der Waals surface area (Å²) in [6.45, 7) is 4.02. The van der Waals surface area contributed by atoms with Gasteiger partial charge in [0, 0.05) is 23.2 Å². The van der Waals surface area contributed by atoms with E-state index in [1.165, 1.54) is 16.5 Å². The van der Waals surface area contributed by atoms with Crippen LogP contribution >= 0.6 is 0 Å². The van der Waals surface area contributed by atoms with Crippen molar-refractivity contribution in [2.24, 2.45) is 0 Å². The Labute approximate surface area is 125 Å². The van der Waals surface area contributed by atoms with Gasteiger partial charge in [-0.2, -0.15) is 0 Å². The minimum absolute atomic E-state index is 0.244. The largest absolute Gasteiger partial charge is 0.466 e. The molecule has 3 nitrogen and oxygen atoms in total. The lowest BCUT2D eigenvalue weighted by molar-refractivity contribution is 0.490. The molecule has 0 aliphatic rings. The zero-order valence-corrected chi connectivity index (χ0v) is 12.7. The third kappa shape index (κ3) is 2.69. The van der Waals surface area contributed by atoms with E-state index in [-0.39, 0.29) is 6.04 Å². The van der Waals surface area contributed by atoms with E-state index in [0.29, 0.717) is 0 Å². The van der Waals surface area contributed by atoms with Gasteiger partial charge in [0.05, 0.1) is 5.52 Å². The van der Waals surface area contributed by atoms with Crippen molar-refractivity contribution in [1.82, 2.24) is 10.3 Å². The van der Waals surface area contributed by atoms with E-state index in [2.05, 4.69) is 40.6 Å². The molecule has 0 amide bonds. The average Bonchev–Trinajstić information content (AvgIpc) is 2.83. The zero-order valence-electron chi connectivity index (χ0n) is 12.7. The van der Waals surface area contributed by atoms with E-state index in [1.807, 2.05) is 33.2 Å². The van der Waals surface area contributed by atoms with Crippen LogP contribution in [0.1, 0.15) is 28.7 Å². The summed E-state index contributed by atoms with van der Waals surface area (Å²) < 4.78 is 5.67. The Bertz CT molecular complexity index is 756. The van der Waals surface area contributed by atoms with E-state index < -0.39 is 0 Å². The van der Waals surface area contributed by atoms with Crippen molar-refractivity contribution < 1.29 is 4.42 Å². The number of aryl methyl sites for hydroxylation is 2. The maximum absolute atomic E-state index is 5.67. The summed E-state index contributed by atoms with van der Waals surface area (Å²) in [6, 6.07) is 12.8. The molecule has 0 spiro atoms. The SMILES string of the molecule is CNC(Cc1ccnc2ccccc12)c1cc(C)oc1C. The normalized spacial score (nSPS) is 12.7. The van der Waals surface area contributed by atoms with Crippen LogP contribution in [0.2, 0.25) is 0 Å². The van der Waals surface area contributed by atoms with Crippen molar-refractivity contribution >= 4 is 10.9 Å². The van der Waals surface area contributed by atoms with Crippen LogP contribution in [0, 0.1) is 13.8 Å². The van der Waals surface area contributed by atoms with Gasteiger partial charge in [0.15, 0.2) is 0 Å². The molecular weight excluding hydrogens is 260 g/mol. The number of nitrogens with one attached hydrogen (secondary N) is 1. The zero-order chi connectivity index (χ0) is 14.8. The van der Waals surface area contributed by atoms with Crippen LogP contribution in [0.4, 0.5) is 0 Å². The number of benzene rings is 1. The fourth-order valence-electron chi connectivity index (χ4n) is 2.92. The minimum atomic E-state index is 0.244. The molecule has 1 N–H and O–H groups in total. The molecule has 0 saturated carbocycles. The van der Waals surface area contributed by atoms with Gasteiger partial charge >= 0.3 is 0 Å². The molecule has 3 rings (SSSR count). The van der Waals surface area contributed by atoms with Crippen molar-refractivity contribution in [2.45, 2.75) is 26.3 Å². The third-order valence-corrected chi connectivity index (χ3v) is 3.97. The lowest BCUT2D eigenvalue weighted by atomic mass is 9.97. The number of para-hydroxylation sites is 1. The first kappa shape index (κ1) is 13.8. The molecule has 0 radical (unpaired) electrons. The van der Waals surface area contributed by atoms with Gasteiger partial charge in [-0.1, -0.05) is 18.2 Å². The average molecular weight is 280 g/mol. The summed E-state index contributed by atoms with van der Waals surface area (Å²) in [5.74, 6) is 1.95. The second-order valence-electron chi connectivity index (χ2n) is 5.40. The molecule has 3 aromatic rings. The summed E-state index contributed by atoms with van der Waals surface area (Å²) in [4.78, 5) is 4.43. The highest BCUT2D eigenvalue weighted by Crippen LogP contribution is 2.27. The fourth-order valence-corrected chi connectivity index (χ4v) is 2.92. The van der Waals surface area contributed by atoms with Crippen LogP contribution in [0.15, 0.2) is 47.0 Å². The number of rotatable bonds is 4. The van der Waals surface area contributed by atoms with Gasteiger partial charge in [0.2, 0.25) is 0 Å². The Morgan fingerprint density at radius 3 is 2.71 bits per heavy atom. The lowest BCUT2D eigenvalue weighted by Crippen LogP contribution is -2.19. The number of furan rings is 1. The van der Waals surface area contributed by atoms with Gasteiger partial charge in [-0.3, -0.25) is 4.98 Å². The predicted octanol–water partition coefficient (Wildman–Crippen LogP) is 3.95. The first-order chi connectivity index (χ1) is 10.2. The summed E-state index contributed by atoms with van der Waals surface area (Å²) in [7, 11) is 2.00. The van der Waals surface area contributed by atoms with Crippen molar-refractivity contribution in [1.29, 1.82) is 0 Å². The molecule has 21 heavy (non-hydrogen) atoms. The Morgan fingerprint density at radius 2 is 2.00 bits per heavy atom. The molecule has 0 fully saturated rings. The van der Waals surface area contributed by atoms with Crippen molar-refractivity contribution in [3.8, 4) is 0 Å². The van der Waals surface area contributed by atoms with Crippen molar-refractivity contribution in [3.05, 3.63) is 65.2 Å². The first-order valence-electron chi connectivity index (χ1n) is 7.26. The summed E-state index contributed by atoms with van der Waals surface area (Å²) >= 11 is 0. The Kier molecular flexibility index (Phi) is 3.76. The maximum Gasteiger partial charge on any atom is 0.105 e. The van der Waals surface area contributed by atoms with Gasteiger partial charge in [-0.05, 0) is 51.1 Å². The van der Waals surface area contributed by atoms with Crippen LogP contribution in [-0.4, -0.2) is 12.0 Å². The highest BCUT2D eigenvalue weighted by atomic mass is 16.3. The predicted molar refractivity (Wildman–Crippen MR) is 85.4 cm³/mol. The highest BCUT2D eigenvalue weighted by Gasteiger charge is 2.17. The number of hydrogen-bond donors (Lipinski definition) is 1. The third-order valence-electron chi connectivity index (χ3n) is 3.97. The first-order valence-corrected chi connectivity index (χ1v) is 7.26.